The first kappa shape index (κ1) is 18.2. The molecule has 0 aromatic heterocycles. The molecule has 1 saturated carbocycles. The molecule has 1 fully saturated rings. The minimum absolute atomic E-state index is 0.0605. The molecule has 1 heterocycles. The van der Waals surface area contributed by atoms with Crippen LogP contribution in [0.15, 0.2) is 65.6 Å². The van der Waals surface area contributed by atoms with E-state index in [2.05, 4.69) is 10.0 Å². The van der Waals surface area contributed by atoms with Crippen molar-refractivity contribution in [2.24, 2.45) is 0 Å². The Balaban J connectivity index is 1.55. The van der Waals surface area contributed by atoms with Crippen molar-refractivity contribution in [3.8, 4) is 11.1 Å². The predicted molar refractivity (Wildman–Crippen MR) is 112 cm³/mol. The molecule has 6 heteroatoms. The number of carbonyl (C=O) groups excluding carboxylic acids is 1. The van der Waals surface area contributed by atoms with Gasteiger partial charge in [0.1, 0.15) is 11.6 Å². The Hall–Kier alpha value is -2.86. The van der Waals surface area contributed by atoms with Gasteiger partial charge in [0.25, 0.3) is 0 Å². The van der Waals surface area contributed by atoms with Crippen molar-refractivity contribution in [3.05, 3.63) is 77.9 Å². The molecule has 5 rings (SSSR count). The standard InChI is InChI=1S/C23H18F2N2OS/c24-15-7-8-20(19(25)11-15)29-27-16-12-17(14-5-2-1-3-6-14)21-18(13-16)23(9-4-10-23)22(28)26-21/h1-3,5-8,11-13,27H,4,9-10H2,(H,26,28). The normalized spacial score (nSPS) is 16.3. The largest absolute Gasteiger partial charge is 0.326 e. The minimum atomic E-state index is -0.612. The molecule has 3 nitrogen and oxygen atoms in total. The number of rotatable bonds is 4. The summed E-state index contributed by atoms with van der Waals surface area (Å²) in [6.07, 6.45) is 2.70. The van der Waals surface area contributed by atoms with Crippen LogP contribution in [-0.2, 0) is 10.2 Å². The van der Waals surface area contributed by atoms with Crippen LogP contribution < -0.4 is 10.0 Å². The Bertz CT molecular complexity index is 1110. The van der Waals surface area contributed by atoms with Gasteiger partial charge in [0, 0.05) is 17.3 Å². The monoisotopic (exact) mass is 408 g/mol. The maximum absolute atomic E-state index is 14.0. The van der Waals surface area contributed by atoms with Gasteiger partial charge in [-0.25, -0.2) is 8.78 Å². The predicted octanol–water partition coefficient (Wildman–Crippen LogP) is 6.12. The van der Waals surface area contributed by atoms with Crippen LogP contribution in [0.25, 0.3) is 11.1 Å². The summed E-state index contributed by atoms with van der Waals surface area (Å²) in [4.78, 5) is 13.1. The highest BCUT2D eigenvalue weighted by Crippen LogP contribution is 2.54. The summed E-state index contributed by atoms with van der Waals surface area (Å²) in [5.41, 5.74) is 4.12. The molecule has 2 N–H and O–H groups in total. The summed E-state index contributed by atoms with van der Waals surface area (Å²) < 4.78 is 30.3. The zero-order chi connectivity index (χ0) is 20.0. The molecule has 0 bridgehead atoms. The number of hydrogen-bond donors (Lipinski definition) is 2. The first-order valence-electron chi connectivity index (χ1n) is 9.50. The van der Waals surface area contributed by atoms with E-state index in [1.165, 1.54) is 12.1 Å². The van der Waals surface area contributed by atoms with E-state index in [0.29, 0.717) is 4.90 Å². The van der Waals surface area contributed by atoms with E-state index in [0.717, 1.165) is 65.3 Å². The van der Waals surface area contributed by atoms with E-state index in [9.17, 15) is 13.6 Å². The van der Waals surface area contributed by atoms with Gasteiger partial charge in [0.15, 0.2) is 0 Å². The number of fused-ring (bicyclic) bond motifs is 2. The maximum Gasteiger partial charge on any atom is 0.235 e. The number of halogens is 2. The Labute approximate surface area is 171 Å². The van der Waals surface area contributed by atoms with Gasteiger partial charge in [0.05, 0.1) is 16.0 Å². The highest BCUT2D eigenvalue weighted by atomic mass is 32.2. The molecule has 3 aromatic carbocycles. The zero-order valence-corrected chi connectivity index (χ0v) is 16.3. The Kier molecular flexibility index (Phi) is 4.32. The Morgan fingerprint density at radius 3 is 2.48 bits per heavy atom. The minimum Gasteiger partial charge on any atom is -0.326 e. The van der Waals surface area contributed by atoms with E-state index in [-0.39, 0.29) is 5.91 Å². The molecule has 146 valence electrons. The van der Waals surface area contributed by atoms with Gasteiger partial charge in [-0.05, 0) is 60.2 Å². The van der Waals surface area contributed by atoms with Gasteiger partial charge in [-0.2, -0.15) is 0 Å². The SMILES string of the molecule is O=C1Nc2c(-c3ccccc3)cc(NSc3ccc(F)cc3F)cc2C12CCC2. The second-order valence-electron chi connectivity index (χ2n) is 7.48. The van der Waals surface area contributed by atoms with E-state index in [1.807, 2.05) is 42.5 Å². The molecule has 0 unspecified atom stereocenters. The third-order valence-electron chi connectivity index (χ3n) is 5.79. The smallest absolute Gasteiger partial charge is 0.235 e. The molecule has 29 heavy (non-hydrogen) atoms. The van der Waals surface area contributed by atoms with Crippen molar-refractivity contribution in [3.63, 3.8) is 0 Å². The van der Waals surface area contributed by atoms with Gasteiger partial charge >= 0.3 is 0 Å². The molecule has 1 aliphatic heterocycles. The second kappa shape index (κ2) is 6.88. The molecule has 0 radical (unpaired) electrons. The van der Waals surface area contributed by atoms with Gasteiger partial charge in [-0.15, -0.1) is 0 Å². The van der Waals surface area contributed by atoms with E-state index in [4.69, 9.17) is 0 Å². The van der Waals surface area contributed by atoms with Gasteiger partial charge in [0.2, 0.25) is 5.91 Å². The third-order valence-corrected chi connectivity index (χ3v) is 6.68. The highest BCUT2D eigenvalue weighted by molar-refractivity contribution is 8.00. The number of anilines is 2. The quantitative estimate of drug-likeness (QED) is 0.511. The van der Waals surface area contributed by atoms with Crippen molar-refractivity contribution < 1.29 is 13.6 Å². The highest BCUT2D eigenvalue weighted by Gasteiger charge is 2.51. The molecular formula is C23H18F2N2OS. The number of amides is 1. The van der Waals surface area contributed by atoms with E-state index in [1.54, 1.807) is 0 Å². The lowest BCUT2D eigenvalue weighted by Crippen LogP contribution is -2.40. The van der Waals surface area contributed by atoms with Crippen molar-refractivity contribution in [2.45, 2.75) is 29.6 Å². The van der Waals surface area contributed by atoms with Crippen molar-refractivity contribution in [1.29, 1.82) is 0 Å². The van der Waals surface area contributed by atoms with Gasteiger partial charge in [-0.3, -0.25) is 4.79 Å². The molecule has 0 atom stereocenters. The topological polar surface area (TPSA) is 41.1 Å². The maximum atomic E-state index is 14.0. The van der Waals surface area contributed by atoms with Crippen LogP contribution in [0, 0.1) is 11.6 Å². The number of benzene rings is 3. The zero-order valence-electron chi connectivity index (χ0n) is 15.5. The van der Waals surface area contributed by atoms with Crippen molar-refractivity contribution in [1.82, 2.24) is 0 Å². The fourth-order valence-corrected chi connectivity index (χ4v) is 4.75. The lowest BCUT2D eigenvalue weighted by Gasteiger charge is -2.36. The van der Waals surface area contributed by atoms with Gasteiger partial charge in [-0.1, -0.05) is 36.8 Å². The molecule has 1 aliphatic carbocycles. The molecule has 3 aromatic rings. The van der Waals surface area contributed by atoms with Crippen LogP contribution in [0.3, 0.4) is 0 Å². The van der Waals surface area contributed by atoms with Crippen LogP contribution >= 0.6 is 11.9 Å². The van der Waals surface area contributed by atoms with E-state index < -0.39 is 17.0 Å². The molecule has 1 amide bonds. The summed E-state index contributed by atoms with van der Waals surface area (Å²) in [5.74, 6) is -1.16. The molecule has 0 saturated heterocycles. The van der Waals surface area contributed by atoms with Gasteiger partial charge < -0.3 is 10.0 Å². The van der Waals surface area contributed by atoms with Crippen molar-refractivity contribution in [2.75, 3.05) is 10.0 Å². The average Bonchev–Trinajstić information content (AvgIpc) is 2.99. The van der Waals surface area contributed by atoms with Crippen LogP contribution in [0.4, 0.5) is 20.2 Å². The summed E-state index contributed by atoms with van der Waals surface area (Å²) in [6.45, 7) is 0. The van der Waals surface area contributed by atoms with Crippen LogP contribution in [0.5, 0.6) is 0 Å². The summed E-state index contributed by atoms with van der Waals surface area (Å²) in [5, 5.41) is 3.10. The Morgan fingerprint density at radius 1 is 1.00 bits per heavy atom. The third kappa shape index (κ3) is 2.99. The van der Waals surface area contributed by atoms with Crippen LogP contribution in [-0.4, -0.2) is 5.91 Å². The number of carbonyl (C=O) groups is 1. The number of hydrogen-bond acceptors (Lipinski definition) is 3. The van der Waals surface area contributed by atoms with Crippen molar-refractivity contribution >= 4 is 29.2 Å². The first-order valence-corrected chi connectivity index (χ1v) is 10.3. The summed E-state index contributed by atoms with van der Waals surface area (Å²) in [7, 11) is 0. The summed E-state index contributed by atoms with van der Waals surface area (Å²) >= 11 is 1.09. The lowest BCUT2D eigenvalue weighted by atomic mass is 9.65. The second-order valence-corrected chi connectivity index (χ2v) is 8.33. The molecule has 1 spiro atoms. The number of nitrogens with one attached hydrogen (secondary N) is 2. The lowest BCUT2D eigenvalue weighted by molar-refractivity contribution is -0.123. The van der Waals surface area contributed by atoms with E-state index >= 15 is 0 Å². The Morgan fingerprint density at radius 2 is 1.79 bits per heavy atom. The van der Waals surface area contributed by atoms with Crippen LogP contribution in [0.2, 0.25) is 0 Å². The first-order chi connectivity index (χ1) is 14.1. The molecule has 2 aliphatic rings. The fraction of sp³-hybridized carbons (Fsp3) is 0.174. The average molecular weight is 408 g/mol. The molecular weight excluding hydrogens is 390 g/mol. The fourth-order valence-electron chi connectivity index (χ4n) is 4.11. The summed E-state index contributed by atoms with van der Waals surface area (Å²) in [6, 6.07) is 17.3. The van der Waals surface area contributed by atoms with Crippen LogP contribution in [0.1, 0.15) is 24.8 Å².